The van der Waals surface area contributed by atoms with Crippen molar-refractivity contribution < 1.29 is 23.8 Å². The lowest BCUT2D eigenvalue weighted by molar-refractivity contribution is -0.143. The van der Waals surface area contributed by atoms with Gasteiger partial charge in [-0.2, -0.15) is 0 Å². The molecule has 2 fully saturated rings. The molecule has 3 atom stereocenters. The van der Waals surface area contributed by atoms with Crippen LogP contribution in [0.3, 0.4) is 0 Å². The molecule has 0 amide bonds. The SMILES string of the molecule is CN(I)c1cc(CCCC[C@H](F)C2CCN([C@@H](C(=O)O)c3cc(I)ccc3COC3CCOCC3)C2)nc2c1CCCN2. The van der Waals surface area contributed by atoms with Crippen LogP contribution in [0.4, 0.5) is 15.9 Å². The number of unbranched alkanes of at least 4 members (excludes halogenated alkanes) is 1. The van der Waals surface area contributed by atoms with Gasteiger partial charge in [0.15, 0.2) is 0 Å². The molecule has 0 saturated carbocycles. The maximum absolute atomic E-state index is 15.5. The maximum atomic E-state index is 15.5. The summed E-state index contributed by atoms with van der Waals surface area (Å²) in [6, 6.07) is 7.29. The Labute approximate surface area is 282 Å². The Balaban J connectivity index is 1.15. The number of hydrogen-bond acceptors (Lipinski definition) is 7. The fourth-order valence-electron chi connectivity index (χ4n) is 6.59. The highest BCUT2D eigenvalue weighted by Crippen LogP contribution is 2.35. The monoisotopic (exact) mass is 820 g/mol. The van der Waals surface area contributed by atoms with Crippen LogP contribution < -0.4 is 8.43 Å². The number of fused-ring (bicyclic) bond motifs is 1. The van der Waals surface area contributed by atoms with Gasteiger partial charge in [-0.15, -0.1) is 0 Å². The second-order valence-electron chi connectivity index (χ2n) is 12.0. The molecule has 236 valence electrons. The average Bonchev–Trinajstić information content (AvgIpc) is 3.48. The zero-order chi connectivity index (χ0) is 30.3. The second-order valence-corrected chi connectivity index (χ2v) is 14.7. The van der Waals surface area contributed by atoms with Crippen molar-refractivity contribution in [2.45, 2.75) is 82.7 Å². The van der Waals surface area contributed by atoms with E-state index in [1.165, 1.54) is 11.3 Å². The van der Waals surface area contributed by atoms with E-state index >= 15 is 4.39 Å². The van der Waals surface area contributed by atoms with E-state index in [9.17, 15) is 9.90 Å². The van der Waals surface area contributed by atoms with Crippen molar-refractivity contribution in [2.24, 2.45) is 5.92 Å². The van der Waals surface area contributed by atoms with E-state index in [4.69, 9.17) is 14.5 Å². The van der Waals surface area contributed by atoms with E-state index in [0.717, 1.165) is 77.7 Å². The van der Waals surface area contributed by atoms with Gasteiger partial charge in [0.2, 0.25) is 0 Å². The van der Waals surface area contributed by atoms with Crippen LogP contribution in [-0.2, 0) is 33.7 Å². The van der Waals surface area contributed by atoms with E-state index in [2.05, 4.69) is 67.0 Å². The van der Waals surface area contributed by atoms with Crippen LogP contribution >= 0.6 is 45.5 Å². The molecule has 1 aromatic heterocycles. The number of carboxylic acids is 1. The molecular formula is C32H43FI2N4O4. The minimum absolute atomic E-state index is 0.127. The Morgan fingerprint density at radius 1 is 1.28 bits per heavy atom. The Kier molecular flexibility index (Phi) is 12.2. The summed E-state index contributed by atoms with van der Waals surface area (Å²) in [6.45, 7) is 3.74. The number of anilines is 2. The molecule has 8 nitrogen and oxygen atoms in total. The first-order valence-electron chi connectivity index (χ1n) is 15.5. The van der Waals surface area contributed by atoms with E-state index < -0.39 is 18.2 Å². The molecule has 4 heterocycles. The minimum atomic E-state index is -0.944. The molecule has 43 heavy (non-hydrogen) atoms. The standard InChI is InChI=1S/C32H43FI2N4O4/c1-38(35)29-18-24(37-31-26(29)6-4-13-36-31)5-2-3-7-28(33)21-10-14-39(19-21)30(32(40)41)27-17-23(34)9-8-22(27)20-43-25-11-15-42-16-12-25/h8-9,17-18,21,25,28,30H,2-7,10-16,19-20H2,1H3,(H,36,37)(H,40,41)/t21?,28-,30+/m0/s1. The number of aromatic nitrogens is 1. The number of nitrogens with zero attached hydrogens (tertiary/aromatic N) is 3. The van der Waals surface area contributed by atoms with Crippen LogP contribution in [0.15, 0.2) is 24.3 Å². The third-order valence-corrected chi connectivity index (χ3v) is 10.1. The Bertz CT molecular complexity index is 1250. The molecule has 5 rings (SSSR count). The summed E-state index contributed by atoms with van der Waals surface area (Å²) in [7, 11) is 2.06. The van der Waals surface area contributed by atoms with E-state index in [0.29, 0.717) is 45.8 Å². The van der Waals surface area contributed by atoms with Crippen LogP contribution in [0.5, 0.6) is 0 Å². The summed E-state index contributed by atoms with van der Waals surface area (Å²) in [5.74, 6) is -0.0538. The summed E-state index contributed by atoms with van der Waals surface area (Å²) in [5.41, 5.74) is 5.19. The molecule has 0 bridgehead atoms. The molecular weight excluding hydrogens is 777 g/mol. The van der Waals surface area contributed by atoms with Crippen molar-refractivity contribution in [1.29, 1.82) is 0 Å². The quantitative estimate of drug-likeness (QED) is 0.131. The summed E-state index contributed by atoms with van der Waals surface area (Å²) in [6.07, 6.45) is 6.69. The van der Waals surface area contributed by atoms with Crippen molar-refractivity contribution in [2.75, 3.05) is 48.3 Å². The molecule has 0 spiro atoms. The first-order valence-corrected chi connectivity index (χ1v) is 17.6. The number of aliphatic carboxylic acids is 1. The number of alkyl halides is 1. The van der Waals surface area contributed by atoms with Crippen LogP contribution in [0.2, 0.25) is 0 Å². The number of nitrogens with one attached hydrogen (secondary N) is 1. The lowest BCUT2D eigenvalue weighted by Gasteiger charge is -2.28. The number of benzene rings is 1. The zero-order valence-electron chi connectivity index (χ0n) is 24.9. The average molecular weight is 821 g/mol. The van der Waals surface area contributed by atoms with Gasteiger partial charge in [-0.05, 0) is 110 Å². The molecule has 2 N–H and O–H groups in total. The first kappa shape index (κ1) is 33.1. The number of pyridine rings is 1. The molecule has 2 saturated heterocycles. The van der Waals surface area contributed by atoms with Gasteiger partial charge in [0.25, 0.3) is 0 Å². The van der Waals surface area contributed by atoms with Gasteiger partial charge in [-0.25, -0.2) is 9.37 Å². The van der Waals surface area contributed by atoms with Crippen LogP contribution in [0.1, 0.15) is 73.4 Å². The number of carboxylic acid groups (broad SMARTS) is 1. The van der Waals surface area contributed by atoms with Crippen molar-refractivity contribution in [3.8, 4) is 0 Å². The number of aryl methyl sites for hydroxylation is 1. The van der Waals surface area contributed by atoms with Crippen LogP contribution in [0, 0.1) is 9.49 Å². The highest BCUT2D eigenvalue weighted by Gasteiger charge is 2.37. The van der Waals surface area contributed by atoms with E-state index in [1.807, 2.05) is 23.1 Å². The molecule has 0 radical (unpaired) electrons. The Morgan fingerprint density at radius 2 is 2.09 bits per heavy atom. The van der Waals surface area contributed by atoms with Gasteiger partial charge in [-0.1, -0.05) is 12.5 Å². The second kappa shape index (κ2) is 15.8. The van der Waals surface area contributed by atoms with Crippen molar-refractivity contribution in [1.82, 2.24) is 9.88 Å². The molecule has 0 aliphatic carbocycles. The van der Waals surface area contributed by atoms with Crippen LogP contribution in [0.25, 0.3) is 0 Å². The largest absolute Gasteiger partial charge is 0.480 e. The number of rotatable bonds is 13. The molecule has 1 aromatic carbocycles. The van der Waals surface area contributed by atoms with Crippen LogP contribution in [-0.4, -0.2) is 73.1 Å². The fourth-order valence-corrected chi connectivity index (χ4v) is 7.54. The van der Waals surface area contributed by atoms with E-state index in [1.54, 1.807) is 0 Å². The predicted octanol–water partition coefficient (Wildman–Crippen LogP) is 6.72. The van der Waals surface area contributed by atoms with Crippen molar-refractivity contribution >= 4 is 62.9 Å². The number of hydrogen-bond donors (Lipinski definition) is 2. The smallest absolute Gasteiger partial charge is 0.325 e. The van der Waals surface area contributed by atoms with Crippen molar-refractivity contribution in [3.05, 3.63) is 50.2 Å². The van der Waals surface area contributed by atoms with Crippen molar-refractivity contribution in [3.63, 3.8) is 0 Å². The van der Waals surface area contributed by atoms with Gasteiger partial charge in [0, 0.05) is 54.1 Å². The third kappa shape index (κ3) is 8.71. The molecule has 3 aliphatic rings. The number of ether oxygens (including phenoxy) is 2. The third-order valence-electron chi connectivity index (χ3n) is 8.96. The summed E-state index contributed by atoms with van der Waals surface area (Å²) < 4.78 is 30.2. The number of carbonyl (C=O) groups is 1. The van der Waals surface area contributed by atoms with Gasteiger partial charge < -0.3 is 23.0 Å². The van der Waals surface area contributed by atoms with Gasteiger partial charge in [0.05, 0.1) is 41.3 Å². The molecule has 11 heteroatoms. The first-order chi connectivity index (χ1) is 20.8. The zero-order valence-corrected chi connectivity index (χ0v) is 29.2. The summed E-state index contributed by atoms with van der Waals surface area (Å²) >= 11 is 4.54. The highest BCUT2D eigenvalue weighted by molar-refractivity contribution is 14.1. The highest BCUT2D eigenvalue weighted by atomic mass is 127. The van der Waals surface area contributed by atoms with Gasteiger partial charge >= 0.3 is 5.97 Å². The molecule has 3 aliphatic heterocycles. The predicted molar refractivity (Wildman–Crippen MR) is 184 cm³/mol. The lowest BCUT2D eigenvalue weighted by Crippen LogP contribution is -2.34. The molecule has 2 aromatic rings. The Morgan fingerprint density at radius 3 is 2.86 bits per heavy atom. The minimum Gasteiger partial charge on any atom is -0.480 e. The molecule has 1 unspecified atom stereocenters. The van der Waals surface area contributed by atoms with Gasteiger partial charge in [-0.3, -0.25) is 9.69 Å². The number of halogens is 3. The normalized spacial score (nSPS) is 20.8. The lowest BCUT2D eigenvalue weighted by atomic mass is 9.96. The van der Waals surface area contributed by atoms with E-state index in [-0.39, 0.29) is 12.0 Å². The maximum Gasteiger partial charge on any atom is 0.325 e. The van der Waals surface area contributed by atoms with Gasteiger partial charge in [0.1, 0.15) is 18.0 Å². The summed E-state index contributed by atoms with van der Waals surface area (Å²) in [4.78, 5) is 19.4. The topological polar surface area (TPSA) is 87.2 Å². The Hall–Kier alpha value is -1.29. The number of likely N-dealkylation sites (tertiary alicyclic amines) is 1. The summed E-state index contributed by atoms with van der Waals surface area (Å²) in [5, 5.41) is 13.8. The fraction of sp³-hybridized carbons (Fsp3) is 0.625.